The normalized spacial score (nSPS) is 11.9. The third-order valence-corrected chi connectivity index (χ3v) is 7.73. The molecule has 0 aliphatic heterocycles. The SMILES string of the molecule is CCCn1c(CCC(=O)Nc2ccc(F)cc2Cl)nc2cc(S(=O)(=O)N(CC)CC)ccc21. The zero-order chi connectivity index (χ0) is 24.2. The van der Waals surface area contributed by atoms with Crippen molar-refractivity contribution in [3.63, 3.8) is 0 Å². The number of halogens is 2. The Hall–Kier alpha value is -2.49. The summed E-state index contributed by atoms with van der Waals surface area (Å²) >= 11 is 5.98. The van der Waals surface area contributed by atoms with Crippen LogP contribution in [0, 0.1) is 5.82 Å². The molecule has 178 valence electrons. The second-order valence-electron chi connectivity index (χ2n) is 7.59. The van der Waals surface area contributed by atoms with Gasteiger partial charge in [0.2, 0.25) is 15.9 Å². The highest BCUT2D eigenvalue weighted by Crippen LogP contribution is 2.25. The molecule has 0 fully saturated rings. The van der Waals surface area contributed by atoms with Crippen molar-refractivity contribution >= 4 is 44.3 Å². The average molecular weight is 495 g/mol. The molecule has 0 aliphatic rings. The summed E-state index contributed by atoms with van der Waals surface area (Å²) in [6.07, 6.45) is 1.36. The van der Waals surface area contributed by atoms with Gasteiger partial charge in [-0.05, 0) is 42.8 Å². The lowest BCUT2D eigenvalue weighted by molar-refractivity contribution is -0.116. The number of amides is 1. The Morgan fingerprint density at radius 3 is 2.52 bits per heavy atom. The van der Waals surface area contributed by atoms with Gasteiger partial charge in [0.1, 0.15) is 11.6 Å². The Labute approximate surface area is 198 Å². The molecule has 0 bridgehead atoms. The van der Waals surface area contributed by atoms with E-state index < -0.39 is 15.8 Å². The van der Waals surface area contributed by atoms with Gasteiger partial charge in [0.05, 0.1) is 26.6 Å². The minimum Gasteiger partial charge on any atom is -0.328 e. The van der Waals surface area contributed by atoms with Gasteiger partial charge in [0, 0.05) is 32.5 Å². The lowest BCUT2D eigenvalue weighted by atomic mass is 10.2. The first-order valence-corrected chi connectivity index (χ1v) is 12.8. The van der Waals surface area contributed by atoms with E-state index in [4.69, 9.17) is 11.6 Å². The summed E-state index contributed by atoms with van der Waals surface area (Å²) in [6.45, 7) is 7.12. The molecular formula is C23H28ClFN4O3S. The van der Waals surface area contributed by atoms with E-state index >= 15 is 0 Å². The van der Waals surface area contributed by atoms with Crippen molar-refractivity contribution in [2.45, 2.75) is 51.5 Å². The Kier molecular flexibility index (Phi) is 8.10. The molecule has 1 amide bonds. The van der Waals surface area contributed by atoms with Crippen LogP contribution < -0.4 is 5.32 Å². The first kappa shape index (κ1) is 25.1. The molecule has 0 saturated heterocycles. The summed E-state index contributed by atoms with van der Waals surface area (Å²) in [4.78, 5) is 17.3. The van der Waals surface area contributed by atoms with E-state index in [1.807, 2.05) is 11.5 Å². The van der Waals surface area contributed by atoms with Crippen LogP contribution in [0.3, 0.4) is 0 Å². The molecule has 33 heavy (non-hydrogen) atoms. The van der Waals surface area contributed by atoms with Crippen molar-refractivity contribution in [1.82, 2.24) is 13.9 Å². The number of nitrogens with one attached hydrogen (secondary N) is 1. The van der Waals surface area contributed by atoms with E-state index in [1.54, 1.807) is 32.0 Å². The smallest absolute Gasteiger partial charge is 0.243 e. The van der Waals surface area contributed by atoms with Gasteiger partial charge in [0.15, 0.2) is 0 Å². The van der Waals surface area contributed by atoms with Crippen LogP contribution in [0.25, 0.3) is 11.0 Å². The molecule has 1 aromatic heterocycles. The molecule has 0 atom stereocenters. The number of anilines is 1. The predicted molar refractivity (Wildman–Crippen MR) is 128 cm³/mol. The molecule has 0 unspecified atom stereocenters. The summed E-state index contributed by atoms with van der Waals surface area (Å²) < 4.78 is 42.4. The van der Waals surface area contributed by atoms with Crippen LogP contribution in [0.5, 0.6) is 0 Å². The van der Waals surface area contributed by atoms with Crippen molar-refractivity contribution in [2.24, 2.45) is 0 Å². The molecule has 3 aromatic rings. The van der Waals surface area contributed by atoms with Crippen LogP contribution in [-0.2, 0) is 27.8 Å². The number of nitrogens with zero attached hydrogens (tertiary/aromatic N) is 3. The third kappa shape index (κ3) is 5.54. The molecule has 1 N–H and O–H groups in total. The number of rotatable bonds is 10. The number of carbonyl (C=O) groups is 1. The number of fused-ring (bicyclic) bond motifs is 1. The highest BCUT2D eigenvalue weighted by atomic mass is 35.5. The number of carbonyl (C=O) groups excluding carboxylic acids is 1. The fourth-order valence-electron chi connectivity index (χ4n) is 3.73. The molecule has 10 heteroatoms. The zero-order valence-corrected chi connectivity index (χ0v) is 20.5. The van der Waals surface area contributed by atoms with Crippen LogP contribution in [-0.4, -0.2) is 41.3 Å². The molecule has 7 nitrogen and oxygen atoms in total. The fourth-order valence-corrected chi connectivity index (χ4v) is 5.42. The summed E-state index contributed by atoms with van der Waals surface area (Å²) in [5, 5.41) is 2.82. The van der Waals surface area contributed by atoms with E-state index in [1.165, 1.54) is 16.4 Å². The van der Waals surface area contributed by atoms with Crippen molar-refractivity contribution in [3.8, 4) is 0 Å². The summed E-state index contributed by atoms with van der Waals surface area (Å²) in [5.74, 6) is -0.0540. The zero-order valence-electron chi connectivity index (χ0n) is 18.9. The number of aryl methyl sites for hydroxylation is 2. The maximum atomic E-state index is 13.2. The maximum absolute atomic E-state index is 13.2. The van der Waals surface area contributed by atoms with Gasteiger partial charge in [-0.2, -0.15) is 4.31 Å². The number of hydrogen-bond donors (Lipinski definition) is 1. The minimum absolute atomic E-state index is 0.128. The molecule has 0 spiro atoms. The molecular weight excluding hydrogens is 467 g/mol. The molecule has 0 aliphatic carbocycles. The second-order valence-corrected chi connectivity index (χ2v) is 9.94. The Bertz CT molecular complexity index is 1260. The van der Waals surface area contributed by atoms with Crippen molar-refractivity contribution < 1.29 is 17.6 Å². The van der Waals surface area contributed by atoms with Gasteiger partial charge in [-0.25, -0.2) is 17.8 Å². The first-order chi connectivity index (χ1) is 15.7. The summed E-state index contributed by atoms with van der Waals surface area (Å²) in [5.41, 5.74) is 1.75. The number of sulfonamides is 1. The van der Waals surface area contributed by atoms with Gasteiger partial charge < -0.3 is 9.88 Å². The fraction of sp³-hybridized carbons (Fsp3) is 0.391. The second kappa shape index (κ2) is 10.6. The largest absolute Gasteiger partial charge is 0.328 e. The van der Waals surface area contributed by atoms with E-state index in [2.05, 4.69) is 10.3 Å². The number of hydrogen-bond acceptors (Lipinski definition) is 4. The van der Waals surface area contributed by atoms with Crippen molar-refractivity contribution in [3.05, 3.63) is 53.1 Å². The first-order valence-electron chi connectivity index (χ1n) is 10.9. The lowest BCUT2D eigenvalue weighted by Crippen LogP contribution is -2.30. The number of aromatic nitrogens is 2. The van der Waals surface area contributed by atoms with Gasteiger partial charge in [-0.15, -0.1) is 0 Å². The predicted octanol–water partition coefficient (Wildman–Crippen LogP) is 4.84. The van der Waals surface area contributed by atoms with Crippen LogP contribution >= 0.6 is 11.6 Å². The maximum Gasteiger partial charge on any atom is 0.243 e. The third-order valence-electron chi connectivity index (χ3n) is 5.37. The topological polar surface area (TPSA) is 84.3 Å². The van der Waals surface area contributed by atoms with Crippen molar-refractivity contribution in [2.75, 3.05) is 18.4 Å². The van der Waals surface area contributed by atoms with E-state index in [-0.39, 0.29) is 22.2 Å². The molecule has 1 heterocycles. The summed E-state index contributed by atoms with van der Waals surface area (Å²) in [7, 11) is -3.60. The summed E-state index contributed by atoms with van der Waals surface area (Å²) in [6, 6.07) is 8.76. The number of imidazole rings is 1. The Morgan fingerprint density at radius 2 is 1.88 bits per heavy atom. The quantitative estimate of drug-likeness (QED) is 0.437. The minimum atomic E-state index is -3.60. The molecule has 0 radical (unpaired) electrons. The Morgan fingerprint density at radius 1 is 1.15 bits per heavy atom. The van der Waals surface area contributed by atoms with E-state index in [0.717, 1.165) is 18.0 Å². The van der Waals surface area contributed by atoms with Gasteiger partial charge in [-0.1, -0.05) is 32.4 Å². The van der Waals surface area contributed by atoms with E-state index in [0.29, 0.717) is 43.1 Å². The lowest BCUT2D eigenvalue weighted by Gasteiger charge is -2.18. The number of benzene rings is 2. The molecule has 0 saturated carbocycles. The monoisotopic (exact) mass is 494 g/mol. The van der Waals surface area contributed by atoms with E-state index in [9.17, 15) is 17.6 Å². The molecule has 2 aromatic carbocycles. The highest BCUT2D eigenvalue weighted by Gasteiger charge is 2.23. The van der Waals surface area contributed by atoms with Crippen LogP contribution in [0.1, 0.15) is 39.4 Å². The standard InChI is InChI=1S/C23H28ClFN4O3S/c1-4-13-29-21-10-8-17(33(31,32)28(5-2)6-3)15-20(21)26-22(29)11-12-23(30)27-19-9-7-16(25)14-18(19)24/h7-10,14-15H,4-6,11-13H2,1-3H3,(H,27,30). The van der Waals surface area contributed by atoms with Crippen LogP contribution in [0.15, 0.2) is 41.3 Å². The average Bonchev–Trinajstić information content (AvgIpc) is 3.12. The van der Waals surface area contributed by atoms with Gasteiger partial charge >= 0.3 is 0 Å². The van der Waals surface area contributed by atoms with Gasteiger partial charge in [-0.3, -0.25) is 4.79 Å². The van der Waals surface area contributed by atoms with Crippen LogP contribution in [0.2, 0.25) is 5.02 Å². The Balaban J connectivity index is 1.84. The highest BCUT2D eigenvalue weighted by molar-refractivity contribution is 7.89. The van der Waals surface area contributed by atoms with Gasteiger partial charge in [0.25, 0.3) is 0 Å². The van der Waals surface area contributed by atoms with Crippen molar-refractivity contribution in [1.29, 1.82) is 0 Å². The van der Waals surface area contributed by atoms with Crippen LogP contribution in [0.4, 0.5) is 10.1 Å². The molecule has 3 rings (SSSR count).